The topological polar surface area (TPSA) is 93.3 Å². The third-order valence-electron chi connectivity index (χ3n) is 4.88. The van der Waals surface area contributed by atoms with Gasteiger partial charge in [-0.3, -0.25) is 20.6 Å². The predicted molar refractivity (Wildman–Crippen MR) is 81.9 cm³/mol. The van der Waals surface area contributed by atoms with Crippen LogP contribution in [-0.4, -0.2) is 51.9 Å². The van der Waals surface area contributed by atoms with Crippen LogP contribution in [0.5, 0.6) is 0 Å². The lowest BCUT2D eigenvalue weighted by molar-refractivity contribution is 0.0618. The molecule has 2 bridgehead atoms. The van der Waals surface area contributed by atoms with Gasteiger partial charge in [0, 0.05) is 18.0 Å². The molecule has 0 unspecified atom stereocenters. The number of H-pyrrole nitrogens is 1. The van der Waals surface area contributed by atoms with E-state index in [-0.39, 0.29) is 11.9 Å². The van der Waals surface area contributed by atoms with Crippen LogP contribution < -0.4 is 10.8 Å². The molecule has 7 heteroatoms. The van der Waals surface area contributed by atoms with Gasteiger partial charge in [0.05, 0.1) is 11.2 Å². The average molecular weight is 301 g/mol. The highest BCUT2D eigenvalue weighted by molar-refractivity contribution is 6.05. The maximum Gasteiger partial charge on any atom is 0.272 e. The second-order valence-electron chi connectivity index (χ2n) is 6.16. The number of fused-ring (bicyclic) bond motifs is 4. The van der Waals surface area contributed by atoms with E-state index in [1.54, 1.807) is 18.2 Å². The van der Waals surface area contributed by atoms with Gasteiger partial charge < -0.3 is 10.2 Å². The molecule has 0 aliphatic carbocycles. The van der Waals surface area contributed by atoms with Gasteiger partial charge in [0.1, 0.15) is 0 Å². The zero-order valence-corrected chi connectivity index (χ0v) is 12.2. The molecule has 22 heavy (non-hydrogen) atoms. The van der Waals surface area contributed by atoms with Gasteiger partial charge in [-0.05, 0) is 50.0 Å². The van der Waals surface area contributed by atoms with Gasteiger partial charge in [0.2, 0.25) is 0 Å². The summed E-state index contributed by atoms with van der Waals surface area (Å²) in [5.41, 5.74) is 3.79. The van der Waals surface area contributed by atoms with Crippen molar-refractivity contribution < 1.29 is 10.0 Å². The molecule has 1 aromatic carbocycles. The zero-order valence-electron chi connectivity index (χ0n) is 12.2. The quantitative estimate of drug-likeness (QED) is 0.639. The van der Waals surface area contributed by atoms with E-state index in [1.165, 1.54) is 0 Å². The molecule has 1 aromatic heterocycles. The lowest BCUT2D eigenvalue weighted by atomic mass is 9.84. The molecule has 3 aliphatic heterocycles. The minimum absolute atomic E-state index is 0.153. The average Bonchev–Trinajstić information content (AvgIpc) is 2.99. The Morgan fingerprint density at radius 2 is 2.18 bits per heavy atom. The van der Waals surface area contributed by atoms with Crippen molar-refractivity contribution in [3.05, 3.63) is 23.9 Å². The highest BCUT2D eigenvalue weighted by Crippen LogP contribution is 2.28. The smallest absolute Gasteiger partial charge is 0.272 e. The number of anilines is 1. The van der Waals surface area contributed by atoms with Crippen LogP contribution in [0, 0.1) is 5.92 Å². The number of hydrogen-bond acceptors (Lipinski definition) is 5. The van der Waals surface area contributed by atoms with Crippen LogP contribution >= 0.6 is 0 Å². The second-order valence-corrected chi connectivity index (χ2v) is 6.16. The summed E-state index contributed by atoms with van der Waals surface area (Å²) < 4.78 is 0. The van der Waals surface area contributed by atoms with Crippen LogP contribution in [0.15, 0.2) is 18.2 Å². The Bertz CT molecular complexity index is 705. The number of nitrogens with one attached hydrogen (secondary N) is 3. The van der Waals surface area contributed by atoms with Crippen molar-refractivity contribution in [2.24, 2.45) is 5.92 Å². The molecule has 2 aromatic rings. The molecule has 0 radical (unpaired) electrons. The van der Waals surface area contributed by atoms with Crippen LogP contribution in [0.1, 0.15) is 23.3 Å². The van der Waals surface area contributed by atoms with Crippen molar-refractivity contribution in [3.63, 3.8) is 0 Å². The van der Waals surface area contributed by atoms with Gasteiger partial charge in [-0.2, -0.15) is 5.10 Å². The van der Waals surface area contributed by atoms with Gasteiger partial charge in [-0.25, -0.2) is 0 Å². The molecule has 0 spiro atoms. The fourth-order valence-electron chi connectivity index (χ4n) is 3.62. The molecular weight excluding hydrogens is 282 g/mol. The molecule has 0 saturated carbocycles. The van der Waals surface area contributed by atoms with E-state index >= 15 is 0 Å². The first-order chi connectivity index (χ1) is 10.7. The Hall–Kier alpha value is -2.12. The van der Waals surface area contributed by atoms with E-state index in [2.05, 4.69) is 25.9 Å². The normalized spacial score (nSPS) is 27.0. The number of amides is 1. The number of carbonyl (C=O) groups excluding carboxylic acids is 1. The largest absolute Gasteiger partial charge is 0.346 e. The highest BCUT2D eigenvalue weighted by Gasteiger charge is 2.35. The maximum absolute atomic E-state index is 12.6. The predicted octanol–water partition coefficient (Wildman–Crippen LogP) is 1.19. The third-order valence-corrected chi connectivity index (χ3v) is 4.88. The zero-order chi connectivity index (χ0) is 15.1. The number of rotatable bonds is 3. The number of aromatic nitrogens is 2. The van der Waals surface area contributed by atoms with E-state index in [9.17, 15) is 4.79 Å². The monoisotopic (exact) mass is 301 g/mol. The van der Waals surface area contributed by atoms with Crippen LogP contribution in [0.2, 0.25) is 0 Å². The minimum atomic E-state index is -0.153. The summed E-state index contributed by atoms with van der Waals surface area (Å²) >= 11 is 0. The molecule has 1 atom stereocenters. The van der Waals surface area contributed by atoms with E-state index in [0.29, 0.717) is 22.7 Å². The summed E-state index contributed by atoms with van der Waals surface area (Å²) in [4.78, 5) is 15.0. The van der Waals surface area contributed by atoms with Crippen molar-refractivity contribution >= 4 is 22.5 Å². The molecule has 3 saturated heterocycles. The Morgan fingerprint density at radius 3 is 2.86 bits per heavy atom. The summed E-state index contributed by atoms with van der Waals surface area (Å²) in [5.74, 6) is 0.425. The van der Waals surface area contributed by atoms with Crippen molar-refractivity contribution in [2.75, 3.05) is 25.1 Å². The molecule has 1 amide bonds. The molecule has 4 heterocycles. The third kappa shape index (κ3) is 2.22. The van der Waals surface area contributed by atoms with Gasteiger partial charge in [-0.1, -0.05) is 0 Å². The van der Waals surface area contributed by atoms with Crippen molar-refractivity contribution in [3.8, 4) is 0 Å². The van der Waals surface area contributed by atoms with Gasteiger partial charge in [0.25, 0.3) is 5.91 Å². The van der Waals surface area contributed by atoms with Gasteiger partial charge >= 0.3 is 0 Å². The summed E-state index contributed by atoms with van der Waals surface area (Å²) in [5, 5.41) is 19.9. The van der Waals surface area contributed by atoms with Crippen LogP contribution in [0.25, 0.3) is 10.9 Å². The molecule has 3 aliphatic rings. The fourth-order valence-corrected chi connectivity index (χ4v) is 3.62. The number of piperidine rings is 3. The van der Waals surface area contributed by atoms with E-state index in [0.717, 1.165) is 38.0 Å². The van der Waals surface area contributed by atoms with Gasteiger partial charge in [0.15, 0.2) is 5.69 Å². The first-order valence-electron chi connectivity index (χ1n) is 7.66. The number of benzene rings is 1. The molecule has 3 fully saturated rings. The van der Waals surface area contributed by atoms with Gasteiger partial charge in [-0.15, -0.1) is 0 Å². The summed E-state index contributed by atoms with van der Waals surface area (Å²) in [6.45, 7) is 3.23. The summed E-state index contributed by atoms with van der Waals surface area (Å²) in [6.07, 6.45) is 2.32. The molecule has 5 rings (SSSR count). The number of hydrogen-bond donors (Lipinski definition) is 4. The number of nitrogens with zero attached hydrogens (tertiary/aromatic N) is 2. The SMILES string of the molecule is O=C(N[C@H]1CN2CCC1CC2)c1n[nH]c2ccc(NO)cc12. The lowest BCUT2D eigenvalue weighted by Gasteiger charge is -2.44. The molecule has 116 valence electrons. The Labute approximate surface area is 127 Å². The van der Waals surface area contributed by atoms with E-state index in [1.807, 2.05) is 0 Å². The van der Waals surface area contributed by atoms with Crippen LogP contribution in [-0.2, 0) is 0 Å². The molecule has 4 N–H and O–H groups in total. The van der Waals surface area contributed by atoms with Crippen molar-refractivity contribution in [2.45, 2.75) is 18.9 Å². The first-order valence-corrected chi connectivity index (χ1v) is 7.66. The number of carbonyl (C=O) groups is 1. The lowest BCUT2D eigenvalue weighted by Crippen LogP contribution is -2.57. The fraction of sp³-hybridized carbons (Fsp3) is 0.467. The molecular formula is C15H19N5O2. The standard InChI is InChI=1S/C15H19N5O2/c21-15(16-13-8-20-5-3-9(13)4-6-20)14-11-7-10(19-22)1-2-12(11)17-18-14/h1-2,7,9,13,19,22H,3-6,8H2,(H,16,21)(H,17,18)/t13-/m0/s1. The summed E-state index contributed by atoms with van der Waals surface area (Å²) in [7, 11) is 0. The Morgan fingerprint density at radius 1 is 1.36 bits per heavy atom. The van der Waals surface area contributed by atoms with Crippen molar-refractivity contribution in [1.82, 2.24) is 20.4 Å². The van der Waals surface area contributed by atoms with E-state index in [4.69, 9.17) is 5.21 Å². The Kier molecular flexibility index (Phi) is 3.24. The first kappa shape index (κ1) is 13.5. The minimum Gasteiger partial charge on any atom is -0.346 e. The highest BCUT2D eigenvalue weighted by atomic mass is 16.5. The van der Waals surface area contributed by atoms with Crippen LogP contribution in [0.4, 0.5) is 5.69 Å². The summed E-state index contributed by atoms with van der Waals surface area (Å²) in [6, 6.07) is 5.42. The van der Waals surface area contributed by atoms with Crippen molar-refractivity contribution in [1.29, 1.82) is 0 Å². The molecule has 7 nitrogen and oxygen atoms in total. The maximum atomic E-state index is 12.6. The Balaban J connectivity index is 1.57. The van der Waals surface area contributed by atoms with E-state index < -0.39 is 0 Å². The van der Waals surface area contributed by atoms with Crippen LogP contribution in [0.3, 0.4) is 0 Å². The number of aromatic amines is 1. The second kappa shape index (κ2) is 5.26.